The summed E-state index contributed by atoms with van der Waals surface area (Å²) in [5.41, 5.74) is 1.00. The Balaban J connectivity index is 1.64. The van der Waals surface area contributed by atoms with Crippen LogP contribution in [0.25, 0.3) is 0 Å². The van der Waals surface area contributed by atoms with Crippen molar-refractivity contribution in [2.45, 2.75) is 38.3 Å². The molecule has 5 heteroatoms. The lowest BCUT2D eigenvalue weighted by atomic mass is 10.0. The average molecular weight is 274 g/mol. The number of carbonyl (C=O) groups is 1. The minimum Gasteiger partial charge on any atom is -0.478 e. The van der Waals surface area contributed by atoms with Crippen LogP contribution in [0.15, 0.2) is 29.4 Å². The Morgan fingerprint density at radius 1 is 1.40 bits per heavy atom. The highest BCUT2D eigenvalue weighted by Gasteiger charge is 2.26. The summed E-state index contributed by atoms with van der Waals surface area (Å²) in [7, 11) is 0. The van der Waals surface area contributed by atoms with E-state index in [0.29, 0.717) is 11.8 Å². The van der Waals surface area contributed by atoms with Crippen molar-refractivity contribution < 1.29 is 14.7 Å². The number of aromatic carboxylic acids is 1. The zero-order chi connectivity index (χ0) is 13.9. The predicted molar refractivity (Wildman–Crippen MR) is 74.5 cm³/mol. The maximum absolute atomic E-state index is 11.0. The number of amidine groups is 1. The average Bonchev–Trinajstić information content (AvgIpc) is 3.11. The van der Waals surface area contributed by atoms with Gasteiger partial charge in [-0.25, -0.2) is 4.79 Å². The van der Waals surface area contributed by atoms with Crippen LogP contribution in [0, 0.1) is 5.92 Å². The first-order valence-electron chi connectivity index (χ1n) is 7.06. The molecule has 3 rings (SSSR count). The molecule has 1 unspecified atom stereocenters. The second-order valence-corrected chi connectivity index (χ2v) is 5.45. The molecular formula is C15H18N2O3. The second kappa shape index (κ2) is 5.53. The molecular weight excluding hydrogens is 256 g/mol. The molecule has 106 valence electrons. The molecule has 1 atom stereocenters. The Labute approximate surface area is 117 Å². The zero-order valence-electron chi connectivity index (χ0n) is 11.2. The molecule has 1 fully saturated rings. The molecule has 0 saturated heterocycles. The summed E-state index contributed by atoms with van der Waals surface area (Å²) in [6, 6.07) is 6.72. The maximum atomic E-state index is 11.0. The van der Waals surface area contributed by atoms with E-state index in [4.69, 9.17) is 9.94 Å². The first-order valence-corrected chi connectivity index (χ1v) is 7.06. The lowest BCUT2D eigenvalue weighted by Gasteiger charge is -2.14. The summed E-state index contributed by atoms with van der Waals surface area (Å²) in [5, 5.41) is 16.3. The van der Waals surface area contributed by atoms with Crippen LogP contribution in [0.3, 0.4) is 0 Å². The van der Waals surface area contributed by atoms with Crippen LogP contribution >= 0.6 is 0 Å². The zero-order valence-corrected chi connectivity index (χ0v) is 11.2. The monoisotopic (exact) mass is 274 g/mol. The maximum Gasteiger partial charge on any atom is 0.335 e. The van der Waals surface area contributed by atoms with Gasteiger partial charge in [-0.2, -0.15) is 0 Å². The van der Waals surface area contributed by atoms with Gasteiger partial charge in [-0.3, -0.25) is 0 Å². The summed E-state index contributed by atoms with van der Waals surface area (Å²) in [6.07, 6.45) is 6.04. The van der Waals surface area contributed by atoms with Crippen LogP contribution in [0.2, 0.25) is 0 Å². The van der Waals surface area contributed by atoms with E-state index >= 15 is 0 Å². The Kier molecular flexibility index (Phi) is 3.58. The first kappa shape index (κ1) is 13.0. The SMILES string of the molecule is O=C(O)c1cccc(C2=NOC(CC3CCCC3)N2)c1. The van der Waals surface area contributed by atoms with Gasteiger partial charge in [0.1, 0.15) is 0 Å². The summed E-state index contributed by atoms with van der Waals surface area (Å²) < 4.78 is 0. The van der Waals surface area contributed by atoms with Crippen LogP contribution < -0.4 is 5.32 Å². The minimum absolute atomic E-state index is 0.0819. The van der Waals surface area contributed by atoms with Crippen molar-refractivity contribution >= 4 is 11.8 Å². The van der Waals surface area contributed by atoms with Gasteiger partial charge in [0.25, 0.3) is 0 Å². The molecule has 0 spiro atoms. The van der Waals surface area contributed by atoms with Gasteiger partial charge in [-0.05, 0) is 18.1 Å². The summed E-state index contributed by atoms with van der Waals surface area (Å²) in [5.74, 6) is 0.400. The molecule has 2 N–H and O–H groups in total. The first-order chi connectivity index (χ1) is 9.72. The van der Waals surface area contributed by atoms with Gasteiger partial charge in [0.15, 0.2) is 12.1 Å². The fraction of sp³-hybridized carbons (Fsp3) is 0.467. The second-order valence-electron chi connectivity index (χ2n) is 5.45. The fourth-order valence-electron chi connectivity index (χ4n) is 2.91. The van der Waals surface area contributed by atoms with Gasteiger partial charge in [0, 0.05) is 12.0 Å². The van der Waals surface area contributed by atoms with Crippen LogP contribution in [0.1, 0.15) is 48.0 Å². The molecule has 20 heavy (non-hydrogen) atoms. The van der Waals surface area contributed by atoms with Gasteiger partial charge in [-0.15, -0.1) is 0 Å². The molecule has 1 aliphatic heterocycles. The highest BCUT2D eigenvalue weighted by Crippen LogP contribution is 2.29. The molecule has 1 aromatic carbocycles. The van der Waals surface area contributed by atoms with Gasteiger partial charge in [0.2, 0.25) is 0 Å². The van der Waals surface area contributed by atoms with Gasteiger partial charge >= 0.3 is 5.97 Å². The standard InChI is InChI=1S/C15H18N2O3/c18-15(19)12-7-3-6-11(9-12)14-16-13(20-17-14)8-10-4-1-2-5-10/h3,6-7,9-10,13H,1-2,4-5,8H2,(H,16,17)(H,18,19). The lowest BCUT2D eigenvalue weighted by molar-refractivity contribution is 0.0542. The quantitative estimate of drug-likeness (QED) is 0.885. The number of hydrogen-bond acceptors (Lipinski definition) is 4. The van der Waals surface area contributed by atoms with E-state index in [2.05, 4.69) is 10.5 Å². The number of benzene rings is 1. The van der Waals surface area contributed by atoms with Gasteiger partial charge in [0.05, 0.1) is 5.56 Å². The van der Waals surface area contributed by atoms with E-state index in [1.807, 2.05) is 6.07 Å². The van der Waals surface area contributed by atoms with Crippen molar-refractivity contribution in [3.8, 4) is 0 Å². The Hall–Kier alpha value is -2.04. The van der Waals surface area contributed by atoms with Crippen LogP contribution in [0.4, 0.5) is 0 Å². The number of oxime groups is 1. The lowest BCUT2D eigenvalue weighted by Crippen LogP contribution is -2.31. The van der Waals surface area contributed by atoms with Gasteiger partial charge < -0.3 is 15.3 Å². The van der Waals surface area contributed by atoms with E-state index in [9.17, 15) is 4.79 Å². The van der Waals surface area contributed by atoms with Crippen molar-refractivity contribution in [1.82, 2.24) is 5.32 Å². The van der Waals surface area contributed by atoms with Gasteiger partial charge in [-0.1, -0.05) is 43.0 Å². The normalized spacial score (nSPS) is 22.2. The van der Waals surface area contributed by atoms with E-state index in [-0.39, 0.29) is 11.8 Å². The van der Waals surface area contributed by atoms with E-state index in [1.54, 1.807) is 18.2 Å². The van der Waals surface area contributed by atoms with E-state index < -0.39 is 5.97 Å². The predicted octanol–water partition coefficient (Wildman–Crippen LogP) is 2.57. The third kappa shape index (κ3) is 2.76. The fourth-order valence-corrected chi connectivity index (χ4v) is 2.91. The van der Waals surface area contributed by atoms with E-state index in [0.717, 1.165) is 12.0 Å². The van der Waals surface area contributed by atoms with Crippen molar-refractivity contribution in [1.29, 1.82) is 0 Å². The minimum atomic E-state index is -0.936. The van der Waals surface area contributed by atoms with Crippen molar-refractivity contribution in [3.05, 3.63) is 35.4 Å². The largest absolute Gasteiger partial charge is 0.478 e. The number of carboxylic acid groups (broad SMARTS) is 1. The van der Waals surface area contributed by atoms with Crippen molar-refractivity contribution in [2.24, 2.45) is 11.1 Å². The van der Waals surface area contributed by atoms with Crippen LogP contribution in [0.5, 0.6) is 0 Å². The third-order valence-electron chi connectivity index (χ3n) is 3.97. The Bertz CT molecular complexity index is 536. The summed E-state index contributed by atoms with van der Waals surface area (Å²) >= 11 is 0. The number of hydrogen-bond donors (Lipinski definition) is 2. The Morgan fingerprint density at radius 2 is 2.20 bits per heavy atom. The molecule has 1 saturated carbocycles. The summed E-state index contributed by atoms with van der Waals surface area (Å²) in [4.78, 5) is 16.4. The molecule has 0 bridgehead atoms. The molecule has 1 aromatic rings. The molecule has 2 aliphatic rings. The Morgan fingerprint density at radius 3 is 2.95 bits per heavy atom. The highest BCUT2D eigenvalue weighted by molar-refractivity contribution is 6.01. The molecule has 1 aliphatic carbocycles. The van der Waals surface area contributed by atoms with Crippen molar-refractivity contribution in [3.63, 3.8) is 0 Å². The molecule has 5 nitrogen and oxygen atoms in total. The number of carboxylic acids is 1. The number of nitrogens with zero attached hydrogens (tertiary/aromatic N) is 1. The third-order valence-corrected chi connectivity index (χ3v) is 3.97. The van der Waals surface area contributed by atoms with Crippen LogP contribution in [-0.2, 0) is 4.84 Å². The number of rotatable bonds is 4. The van der Waals surface area contributed by atoms with E-state index in [1.165, 1.54) is 25.7 Å². The van der Waals surface area contributed by atoms with Crippen molar-refractivity contribution in [2.75, 3.05) is 0 Å². The highest BCUT2D eigenvalue weighted by atomic mass is 16.7. The molecule has 1 heterocycles. The van der Waals surface area contributed by atoms with Crippen LogP contribution in [-0.4, -0.2) is 23.1 Å². The molecule has 0 radical (unpaired) electrons. The molecule has 0 amide bonds. The topological polar surface area (TPSA) is 70.9 Å². The summed E-state index contributed by atoms with van der Waals surface area (Å²) in [6.45, 7) is 0. The number of nitrogens with one attached hydrogen (secondary N) is 1. The smallest absolute Gasteiger partial charge is 0.335 e. The molecule has 0 aromatic heterocycles.